The van der Waals surface area contributed by atoms with Crippen LogP contribution in [0.5, 0.6) is 5.75 Å². The van der Waals surface area contributed by atoms with Gasteiger partial charge in [0.15, 0.2) is 0 Å². The fraction of sp³-hybridized carbons (Fsp3) is 0.333. The molecule has 0 aromatic heterocycles. The molecule has 1 rings (SSSR count). The molecule has 4 heteroatoms. The summed E-state index contributed by atoms with van der Waals surface area (Å²) in [5.74, 6) is 0.754. The second kappa shape index (κ2) is 7.20. The Morgan fingerprint density at radius 2 is 2.00 bits per heavy atom. The van der Waals surface area contributed by atoms with Crippen LogP contribution < -0.4 is 4.74 Å². The summed E-state index contributed by atoms with van der Waals surface area (Å²) in [5, 5.41) is 17.5. The van der Waals surface area contributed by atoms with Crippen molar-refractivity contribution in [1.82, 2.24) is 0 Å². The van der Waals surface area contributed by atoms with Crippen molar-refractivity contribution < 1.29 is 9.47 Å². The van der Waals surface area contributed by atoms with Gasteiger partial charge in [-0.3, -0.25) is 0 Å². The Morgan fingerprint density at radius 3 is 2.53 bits per heavy atom. The van der Waals surface area contributed by atoms with Gasteiger partial charge in [-0.1, -0.05) is 6.07 Å². The van der Waals surface area contributed by atoms with Crippen LogP contribution in [0.2, 0.25) is 0 Å². The Morgan fingerprint density at radius 1 is 1.32 bits per heavy atom. The molecule has 0 aliphatic heterocycles. The van der Waals surface area contributed by atoms with Crippen molar-refractivity contribution >= 4 is 6.08 Å². The molecule has 0 saturated heterocycles. The van der Waals surface area contributed by atoms with Crippen LogP contribution in [0.15, 0.2) is 23.8 Å². The van der Waals surface area contributed by atoms with Gasteiger partial charge in [0.05, 0.1) is 12.7 Å². The van der Waals surface area contributed by atoms with Crippen LogP contribution in [0.3, 0.4) is 0 Å². The number of allylic oxidation sites excluding steroid dienone is 1. The van der Waals surface area contributed by atoms with E-state index in [1.54, 1.807) is 7.11 Å². The number of hydrogen-bond acceptors (Lipinski definition) is 4. The van der Waals surface area contributed by atoms with Crippen molar-refractivity contribution in [3.63, 3.8) is 0 Å². The minimum Gasteiger partial charge on any atom is -0.491 e. The van der Waals surface area contributed by atoms with E-state index in [1.165, 1.54) is 6.08 Å². The fourth-order valence-electron chi connectivity index (χ4n) is 1.58. The first-order chi connectivity index (χ1) is 9.10. The second-order valence-electron chi connectivity index (χ2n) is 4.25. The largest absolute Gasteiger partial charge is 0.491 e. The van der Waals surface area contributed by atoms with Crippen molar-refractivity contribution in [3.05, 3.63) is 34.9 Å². The quantitative estimate of drug-likeness (QED) is 0.759. The highest BCUT2D eigenvalue weighted by atomic mass is 16.5. The monoisotopic (exact) mass is 256 g/mol. The van der Waals surface area contributed by atoms with E-state index in [2.05, 4.69) is 0 Å². The van der Waals surface area contributed by atoms with Gasteiger partial charge >= 0.3 is 0 Å². The van der Waals surface area contributed by atoms with Gasteiger partial charge in [-0.2, -0.15) is 10.5 Å². The van der Waals surface area contributed by atoms with Gasteiger partial charge in [-0.25, -0.2) is 0 Å². The van der Waals surface area contributed by atoms with Crippen LogP contribution in [0.1, 0.15) is 25.0 Å². The topological polar surface area (TPSA) is 66.0 Å². The molecule has 1 aromatic rings. The third kappa shape index (κ3) is 4.46. The summed E-state index contributed by atoms with van der Waals surface area (Å²) in [6.45, 7) is 4.32. The standard InChI is InChI=1S/C15H16N2O2/c1-11(2)19-15-5-4-12(6-13(8-16)9-17)7-14(15)10-18-3/h4-7,11H,10H2,1-3H3. The van der Waals surface area contributed by atoms with E-state index < -0.39 is 0 Å². The lowest BCUT2D eigenvalue weighted by molar-refractivity contribution is 0.174. The number of nitrogens with zero attached hydrogens (tertiary/aromatic N) is 2. The molecule has 0 N–H and O–H groups in total. The van der Waals surface area contributed by atoms with Gasteiger partial charge in [0.2, 0.25) is 0 Å². The lowest BCUT2D eigenvalue weighted by Crippen LogP contribution is -2.08. The SMILES string of the molecule is COCc1cc(C=C(C#N)C#N)ccc1OC(C)C. The van der Waals surface area contributed by atoms with Crippen molar-refractivity contribution in [2.24, 2.45) is 0 Å². The third-order valence-electron chi connectivity index (χ3n) is 2.30. The maximum atomic E-state index is 8.74. The molecule has 0 bridgehead atoms. The minimum absolute atomic E-state index is 0.0703. The predicted octanol–water partition coefficient (Wildman–Crippen LogP) is 3.05. The van der Waals surface area contributed by atoms with Crippen LogP contribution in [-0.2, 0) is 11.3 Å². The lowest BCUT2D eigenvalue weighted by Gasteiger charge is -2.14. The molecule has 0 aliphatic rings. The molecule has 0 unspecified atom stereocenters. The molecule has 0 aliphatic carbocycles. The Balaban J connectivity index is 3.13. The summed E-state index contributed by atoms with van der Waals surface area (Å²) in [7, 11) is 1.61. The molecule has 0 saturated carbocycles. The second-order valence-corrected chi connectivity index (χ2v) is 4.25. The lowest BCUT2D eigenvalue weighted by atomic mass is 10.1. The van der Waals surface area contributed by atoms with Crippen LogP contribution in [0.25, 0.3) is 6.08 Å². The highest BCUT2D eigenvalue weighted by Crippen LogP contribution is 2.23. The zero-order valence-corrected chi connectivity index (χ0v) is 11.3. The van der Waals surface area contributed by atoms with Crippen molar-refractivity contribution in [2.75, 3.05) is 7.11 Å². The van der Waals surface area contributed by atoms with Crippen LogP contribution >= 0.6 is 0 Å². The molecule has 4 nitrogen and oxygen atoms in total. The average molecular weight is 256 g/mol. The third-order valence-corrected chi connectivity index (χ3v) is 2.30. The molecule has 19 heavy (non-hydrogen) atoms. The molecule has 1 aromatic carbocycles. The summed E-state index contributed by atoms with van der Waals surface area (Å²) in [4.78, 5) is 0. The zero-order chi connectivity index (χ0) is 14.3. The Hall–Kier alpha value is -2.30. The van der Waals surface area contributed by atoms with Crippen LogP contribution in [0, 0.1) is 22.7 Å². The van der Waals surface area contributed by atoms with Gasteiger partial charge in [0, 0.05) is 12.7 Å². The Bertz CT molecular complexity index is 532. The molecular formula is C15H16N2O2. The van der Waals surface area contributed by atoms with E-state index in [4.69, 9.17) is 20.0 Å². The summed E-state index contributed by atoms with van der Waals surface area (Å²) in [6, 6.07) is 9.17. The molecule has 0 amide bonds. The van der Waals surface area contributed by atoms with E-state index in [1.807, 2.05) is 44.2 Å². The van der Waals surface area contributed by atoms with E-state index in [-0.39, 0.29) is 11.7 Å². The maximum Gasteiger partial charge on any atom is 0.130 e. The summed E-state index contributed by atoms with van der Waals surface area (Å²) in [5.41, 5.74) is 1.74. The highest BCUT2D eigenvalue weighted by Gasteiger charge is 2.07. The minimum atomic E-state index is 0.0703. The highest BCUT2D eigenvalue weighted by molar-refractivity contribution is 5.63. The molecule has 0 radical (unpaired) electrons. The fourth-order valence-corrected chi connectivity index (χ4v) is 1.58. The van der Waals surface area contributed by atoms with E-state index in [0.29, 0.717) is 6.61 Å². The van der Waals surface area contributed by atoms with Gasteiger partial charge in [0.25, 0.3) is 0 Å². The first-order valence-corrected chi connectivity index (χ1v) is 5.91. The first-order valence-electron chi connectivity index (χ1n) is 5.91. The van der Waals surface area contributed by atoms with Gasteiger partial charge in [-0.15, -0.1) is 0 Å². The van der Waals surface area contributed by atoms with Crippen molar-refractivity contribution in [3.8, 4) is 17.9 Å². The number of methoxy groups -OCH3 is 1. The molecule has 0 heterocycles. The summed E-state index contributed by atoms with van der Waals surface area (Å²) >= 11 is 0. The number of benzene rings is 1. The first kappa shape index (κ1) is 14.8. The number of hydrogen-bond donors (Lipinski definition) is 0. The van der Waals surface area contributed by atoms with E-state index in [0.717, 1.165) is 16.9 Å². The van der Waals surface area contributed by atoms with E-state index in [9.17, 15) is 0 Å². The molecule has 0 fully saturated rings. The Labute approximate surface area is 113 Å². The van der Waals surface area contributed by atoms with Gasteiger partial charge in [0.1, 0.15) is 23.5 Å². The summed E-state index contributed by atoms with van der Waals surface area (Å²) < 4.78 is 10.8. The molecule has 98 valence electrons. The molecule has 0 spiro atoms. The number of rotatable bonds is 5. The van der Waals surface area contributed by atoms with E-state index >= 15 is 0 Å². The molecule has 0 atom stereocenters. The number of ether oxygens (including phenoxy) is 2. The Kier molecular flexibility index (Phi) is 5.60. The average Bonchev–Trinajstić information content (AvgIpc) is 2.38. The smallest absolute Gasteiger partial charge is 0.130 e. The summed E-state index contributed by atoms with van der Waals surface area (Å²) in [6.07, 6.45) is 1.61. The molecular weight excluding hydrogens is 240 g/mol. The van der Waals surface area contributed by atoms with Crippen molar-refractivity contribution in [2.45, 2.75) is 26.6 Å². The van der Waals surface area contributed by atoms with Crippen LogP contribution in [0.4, 0.5) is 0 Å². The van der Waals surface area contributed by atoms with Crippen LogP contribution in [-0.4, -0.2) is 13.2 Å². The maximum absolute atomic E-state index is 8.74. The van der Waals surface area contributed by atoms with Crippen molar-refractivity contribution in [1.29, 1.82) is 10.5 Å². The predicted molar refractivity (Wildman–Crippen MR) is 72.1 cm³/mol. The normalized spacial score (nSPS) is 9.58. The van der Waals surface area contributed by atoms with Gasteiger partial charge < -0.3 is 9.47 Å². The number of nitriles is 2. The van der Waals surface area contributed by atoms with Gasteiger partial charge in [-0.05, 0) is 37.6 Å². The zero-order valence-electron chi connectivity index (χ0n) is 11.3.